The quantitative estimate of drug-likeness (QED) is 0.585. The Hall–Kier alpha value is -2.06. The molecule has 1 amide bonds. The first-order valence-electron chi connectivity index (χ1n) is 8.67. The molecule has 0 bridgehead atoms. The van der Waals surface area contributed by atoms with Crippen molar-refractivity contribution in [1.29, 1.82) is 0 Å². The van der Waals surface area contributed by atoms with Crippen molar-refractivity contribution in [3.05, 3.63) is 41.0 Å². The maximum absolute atomic E-state index is 14.0. The summed E-state index contributed by atoms with van der Waals surface area (Å²) in [6.07, 6.45) is 2.92. The van der Waals surface area contributed by atoms with Gasteiger partial charge in [0.05, 0.1) is 10.6 Å². The minimum atomic E-state index is -3.64. The predicted molar refractivity (Wildman–Crippen MR) is 100 cm³/mol. The second-order valence-electron chi connectivity index (χ2n) is 6.64. The molecule has 5 nitrogen and oxygen atoms in total. The van der Waals surface area contributed by atoms with E-state index in [1.54, 1.807) is 11.0 Å². The van der Waals surface area contributed by atoms with Gasteiger partial charge in [0, 0.05) is 18.7 Å². The normalized spacial score (nSPS) is 18.2. The molecule has 142 valence electrons. The molecule has 3 aromatic heterocycles. The Morgan fingerprint density at radius 3 is 2.85 bits per heavy atom. The maximum atomic E-state index is 14.0. The lowest BCUT2D eigenvalue weighted by atomic mass is 10.0. The topological polar surface area (TPSA) is 50.5 Å². The molecule has 3 aromatic rings. The molecule has 1 aliphatic heterocycles. The molecule has 1 atom stereocenters. The Kier molecular flexibility index (Phi) is 4.63. The second-order valence-corrected chi connectivity index (χ2v) is 8.07. The molecule has 0 spiro atoms. The number of hydrogen-bond acceptors (Lipinski definition) is 4. The van der Waals surface area contributed by atoms with Crippen molar-refractivity contribution in [2.75, 3.05) is 6.54 Å². The van der Waals surface area contributed by atoms with Gasteiger partial charge in [-0.1, -0.05) is 6.07 Å². The second kappa shape index (κ2) is 6.83. The number of fused-ring (bicyclic) bond motifs is 1. The van der Waals surface area contributed by atoms with E-state index in [0.717, 1.165) is 28.7 Å². The molecule has 0 aromatic carbocycles. The lowest BCUT2D eigenvalue weighted by Crippen LogP contribution is -2.42. The van der Waals surface area contributed by atoms with Crippen LogP contribution in [0.5, 0.6) is 0 Å². The molecule has 1 fully saturated rings. The fourth-order valence-corrected chi connectivity index (χ4v) is 4.20. The highest BCUT2D eigenvalue weighted by Crippen LogP contribution is 2.35. The Balaban J connectivity index is 1.82. The molecule has 4 rings (SSSR count). The summed E-state index contributed by atoms with van der Waals surface area (Å²) in [4.78, 5) is 19.7. The molecule has 4 heterocycles. The van der Waals surface area contributed by atoms with E-state index in [-0.39, 0.29) is 23.3 Å². The average Bonchev–Trinajstić information content (AvgIpc) is 3.29. The molecule has 1 aliphatic rings. The number of carbonyl (C=O) groups is 1. The molecule has 9 heteroatoms. The number of halogens is 3. The zero-order valence-corrected chi connectivity index (χ0v) is 16.1. The summed E-state index contributed by atoms with van der Waals surface area (Å²) in [5.74, 6) is -0.269. The number of alkyl halides is 3. The summed E-state index contributed by atoms with van der Waals surface area (Å²) in [6.45, 7) is 2.62. The highest BCUT2D eigenvalue weighted by Gasteiger charge is 2.34. The van der Waals surface area contributed by atoms with Gasteiger partial charge in [0.1, 0.15) is 5.69 Å². The fourth-order valence-electron chi connectivity index (χ4n) is 3.38. The number of nitrogens with zero attached hydrogens (tertiary/aromatic N) is 4. The van der Waals surface area contributed by atoms with Gasteiger partial charge < -0.3 is 4.90 Å². The van der Waals surface area contributed by atoms with E-state index in [9.17, 15) is 13.6 Å². The van der Waals surface area contributed by atoms with Crippen LogP contribution in [0, 0.1) is 0 Å². The molecule has 27 heavy (non-hydrogen) atoms. The summed E-state index contributed by atoms with van der Waals surface area (Å²) >= 11 is 6.70. The van der Waals surface area contributed by atoms with Crippen molar-refractivity contribution in [2.24, 2.45) is 0 Å². The first kappa shape index (κ1) is 18.3. The van der Waals surface area contributed by atoms with Crippen LogP contribution < -0.4 is 0 Å². The first-order valence-corrected chi connectivity index (χ1v) is 9.93. The lowest BCUT2D eigenvalue weighted by Gasteiger charge is -2.32. The van der Waals surface area contributed by atoms with Gasteiger partial charge in [-0.05, 0) is 55.3 Å². The number of aromatic nitrogens is 3. The smallest absolute Gasteiger partial charge is 0.335 e. The van der Waals surface area contributed by atoms with E-state index < -0.39 is 11.1 Å². The summed E-state index contributed by atoms with van der Waals surface area (Å²) in [7, 11) is 0. The minimum Gasteiger partial charge on any atom is -0.335 e. The van der Waals surface area contributed by atoms with Crippen LogP contribution in [0.4, 0.5) is 8.78 Å². The number of likely N-dealkylation sites (tertiary alicyclic amines) is 1. The lowest BCUT2D eigenvalue weighted by molar-refractivity contribution is 0.0626. The van der Waals surface area contributed by atoms with Gasteiger partial charge in [-0.2, -0.15) is 13.9 Å². The third-order valence-electron chi connectivity index (χ3n) is 4.77. The summed E-state index contributed by atoms with van der Waals surface area (Å²) in [5.41, 5.74) is 0.132. The van der Waals surface area contributed by atoms with E-state index in [1.807, 2.05) is 18.4 Å². The van der Waals surface area contributed by atoms with Crippen molar-refractivity contribution in [2.45, 2.75) is 37.6 Å². The molecular formula is C18H17ClF2N4OS. The third kappa shape index (κ3) is 3.43. The number of rotatable bonds is 3. The van der Waals surface area contributed by atoms with Crippen molar-refractivity contribution >= 4 is 34.5 Å². The van der Waals surface area contributed by atoms with Crippen molar-refractivity contribution in [3.8, 4) is 10.6 Å². The van der Waals surface area contributed by atoms with Crippen LogP contribution in [0.1, 0.15) is 42.4 Å². The largest absolute Gasteiger partial charge is 0.364 e. The van der Waals surface area contributed by atoms with Crippen LogP contribution >= 0.6 is 22.9 Å². The summed E-state index contributed by atoms with van der Waals surface area (Å²) in [6, 6.07) is 6.37. The van der Waals surface area contributed by atoms with Gasteiger partial charge in [0.2, 0.25) is 0 Å². The Morgan fingerprint density at radius 2 is 2.19 bits per heavy atom. The molecule has 1 saturated heterocycles. The number of piperidine rings is 1. The Labute approximate surface area is 163 Å². The van der Waals surface area contributed by atoms with Gasteiger partial charge in [0.25, 0.3) is 5.91 Å². The molecule has 0 aliphatic carbocycles. The maximum Gasteiger partial charge on any atom is 0.364 e. The van der Waals surface area contributed by atoms with Crippen LogP contribution in [0.3, 0.4) is 0 Å². The molecule has 0 saturated carbocycles. The highest BCUT2D eigenvalue weighted by molar-refractivity contribution is 7.13. The van der Waals surface area contributed by atoms with E-state index in [2.05, 4.69) is 10.1 Å². The van der Waals surface area contributed by atoms with Crippen LogP contribution in [0.15, 0.2) is 29.6 Å². The Bertz CT molecular complexity index is 983. The summed E-state index contributed by atoms with van der Waals surface area (Å²) < 4.78 is 29.0. The zero-order chi connectivity index (χ0) is 19.2. The summed E-state index contributed by atoms with van der Waals surface area (Å²) in [5, 5.41) is 2.31. The van der Waals surface area contributed by atoms with E-state index in [4.69, 9.17) is 11.6 Å². The number of carbonyl (C=O) groups excluding carboxylic acids is 1. The molecule has 0 radical (unpaired) electrons. The molecule has 0 N–H and O–H groups in total. The third-order valence-corrected chi connectivity index (χ3v) is 5.86. The van der Waals surface area contributed by atoms with Gasteiger partial charge >= 0.3 is 5.38 Å². The van der Waals surface area contributed by atoms with Gasteiger partial charge in [-0.3, -0.25) is 4.79 Å². The first-order chi connectivity index (χ1) is 12.8. The van der Waals surface area contributed by atoms with Crippen LogP contribution in [0.2, 0.25) is 0 Å². The standard InChI is InChI=1S/C18H17ClF2N4OS/c1-11-5-2-3-7-24(11)17(26)13-10-16-22-12(14-6-4-8-27-14)9-15(18(19,20)21)25(16)23-13/h4,6,8-11H,2-3,5,7H2,1H3/t11-/m1/s1. The monoisotopic (exact) mass is 410 g/mol. The van der Waals surface area contributed by atoms with Gasteiger partial charge in [-0.25, -0.2) is 9.50 Å². The van der Waals surface area contributed by atoms with Crippen LogP contribution in [-0.2, 0) is 5.38 Å². The minimum absolute atomic E-state index is 0.0969. The van der Waals surface area contributed by atoms with Crippen molar-refractivity contribution in [1.82, 2.24) is 19.5 Å². The van der Waals surface area contributed by atoms with E-state index >= 15 is 0 Å². The predicted octanol–water partition coefficient (Wildman–Crippen LogP) is 4.76. The molecule has 0 unspecified atom stereocenters. The Morgan fingerprint density at radius 1 is 1.37 bits per heavy atom. The van der Waals surface area contributed by atoms with Crippen LogP contribution in [-0.4, -0.2) is 38.0 Å². The van der Waals surface area contributed by atoms with Crippen molar-refractivity contribution < 1.29 is 13.6 Å². The van der Waals surface area contributed by atoms with Crippen LogP contribution in [0.25, 0.3) is 16.2 Å². The highest BCUT2D eigenvalue weighted by atomic mass is 35.5. The zero-order valence-electron chi connectivity index (χ0n) is 14.5. The number of thiophene rings is 1. The van der Waals surface area contributed by atoms with E-state index in [1.165, 1.54) is 23.5 Å². The van der Waals surface area contributed by atoms with E-state index in [0.29, 0.717) is 12.2 Å². The number of hydrogen-bond donors (Lipinski definition) is 0. The van der Waals surface area contributed by atoms with Gasteiger partial charge in [-0.15, -0.1) is 11.3 Å². The van der Waals surface area contributed by atoms with Crippen molar-refractivity contribution in [3.63, 3.8) is 0 Å². The number of amides is 1. The molecular weight excluding hydrogens is 394 g/mol. The van der Waals surface area contributed by atoms with Gasteiger partial charge in [0.15, 0.2) is 11.3 Å². The average molecular weight is 411 g/mol. The SMILES string of the molecule is C[C@@H]1CCCCN1C(=O)c1cc2nc(-c3cccs3)cc(C(F)(F)Cl)n2n1. The fraction of sp³-hybridized carbons (Fsp3) is 0.389.